The molecule has 1 N–H and O–H groups in total. The van der Waals surface area contributed by atoms with E-state index in [0.29, 0.717) is 31.2 Å². The minimum atomic E-state index is -0.775. The number of ether oxygens (including phenoxy) is 4. The molecular formula is C20H22ClNO6. The molecule has 1 unspecified atom stereocenters. The van der Waals surface area contributed by atoms with Crippen LogP contribution in [0, 0.1) is 0 Å². The van der Waals surface area contributed by atoms with Crippen LogP contribution in [-0.4, -0.2) is 49.0 Å². The first-order chi connectivity index (χ1) is 13.2. The van der Waals surface area contributed by atoms with Crippen LogP contribution >= 0.6 is 12.4 Å². The minimum absolute atomic E-state index is 0. The molecule has 2 aromatic carbocycles. The molecule has 0 aliphatic carbocycles. The maximum absolute atomic E-state index is 10.8. The van der Waals surface area contributed by atoms with Gasteiger partial charge in [-0.15, -0.1) is 12.4 Å². The van der Waals surface area contributed by atoms with Gasteiger partial charge >= 0.3 is 5.97 Å². The van der Waals surface area contributed by atoms with Crippen LogP contribution in [0.5, 0.6) is 23.0 Å². The molecule has 0 radical (unpaired) electrons. The molecular weight excluding hydrogens is 386 g/mol. The Hall–Kier alpha value is -2.48. The second kappa shape index (κ2) is 9.14. The monoisotopic (exact) mass is 407 g/mol. The smallest absolute Gasteiger partial charge is 0.304 e. The second-order valence-electron chi connectivity index (χ2n) is 6.49. The van der Waals surface area contributed by atoms with E-state index in [2.05, 4.69) is 4.90 Å². The molecule has 0 amide bonds. The summed E-state index contributed by atoms with van der Waals surface area (Å²) >= 11 is 0. The zero-order valence-electron chi connectivity index (χ0n) is 15.2. The van der Waals surface area contributed by atoms with Crippen molar-refractivity contribution in [2.45, 2.75) is 12.5 Å². The summed E-state index contributed by atoms with van der Waals surface area (Å²) in [5.74, 6) is 2.03. The molecule has 2 heterocycles. The molecule has 1 atom stereocenters. The second-order valence-corrected chi connectivity index (χ2v) is 6.49. The van der Waals surface area contributed by atoms with Crippen molar-refractivity contribution < 1.29 is 28.8 Å². The Morgan fingerprint density at radius 2 is 1.86 bits per heavy atom. The molecule has 0 bridgehead atoms. The first kappa shape index (κ1) is 20.3. The predicted octanol–water partition coefficient (Wildman–Crippen LogP) is 3.48. The fraction of sp³-hybridized carbons (Fsp3) is 0.350. The van der Waals surface area contributed by atoms with Crippen molar-refractivity contribution in [2.24, 2.45) is 0 Å². The van der Waals surface area contributed by atoms with Crippen LogP contribution in [0.4, 0.5) is 0 Å². The molecule has 28 heavy (non-hydrogen) atoms. The van der Waals surface area contributed by atoms with Gasteiger partial charge in [-0.25, -0.2) is 0 Å². The molecule has 0 spiro atoms. The molecule has 2 aromatic rings. The number of hydrogen-bond donors (Lipinski definition) is 1. The average Bonchev–Trinajstić information content (AvgIpc) is 3.15. The van der Waals surface area contributed by atoms with Gasteiger partial charge in [0.05, 0.1) is 19.1 Å². The number of carboxylic acid groups (broad SMARTS) is 1. The van der Waals surface area contributed by atoms with Crippen LogP contribution in [-0.2, 0) is 9.53 Å². The fourth-order valence-electron chi connectivity index (χ4n) is 3.19. The minimum Gasteiger partial charge on any atom is -0.481 e. The maximum atomic E-state index is 10.8. The molecule has 0 saturated carbocycles. The van der Waals surface area contributed by atoms with Crippen LogP contribution in [0.3, 0.4) is 0 Å². The molecule has 0 aromatic heterocycles. The third-order valence-corrected chi connectivity index (χ3v) is 4.62. The van der Waals surface area contributed by atoms with E-state index in [1.807, 2.05) is 36.4 Å². The van der Waals surface area contributed by atoms with Gasteiger partial charge in [0.2, 0.25) is 6.79 Å². The van der Waals surface area contributed by atoms with E-state index in [4.69, 9.17) is 24.1 Å². The third kappa shape index (κ3) is 4.86. The number of rotatable bonds is 6. The lowest BCUT2D eigenvalue weighted by Gasteiger charge is -2.32. The molecule has 7 nitrogen and oxygen atoms in total. The van der Waals surface area contributed by atoms with Crippen molar-refractivity contribution in [2.75, 3.05) is 33.0 Å². The first-order valence-corrected chi connectivity index (χ1v) is 8.90. The van der Waals surface area contributed by atoms with E-state index in [9.17, 15) is 4.79 Å². The van der Waals surface area contributed by atoms with E-state index in [0.717, 1.165) is 23.6 Å². The van der Waals surface area contributed by atoms with Crippen molar-refractivity contribution in [3.8, 4) is 23.0 Å². The topological polar surface area (TPSA) is 77.5 Å². The number of fused-ring (bicyclic) bond motifs is 1. The third-order valence-electron chi connectivity index (χ3n) is 4.62. The first-order valence-electron chi connectivity index (χ1n) is 8.90. The molecule has 8 heteroatoms. The SMILES string of the molecule is Cl.O=C(O)CCN1CCOC(c2ccc(Oc3ccc4c(c3)OCO4)cc2)C1. The summed E-state index contributed by atoms with van der Waals surface area (Å²) in [5.41, 5.74) is 1.05. The van der Waals surface area contributed by atoms with Gasteiger partial charge in [0.1, 0.15) is 11.5 Å². The predicted molar refractivity (Wildman–Crippen MR) is 104 cm³/mol. The highest BCUT2D eigenvalue weighted by molar-refractivity contribution is 5.85. The summed E-state index contributed by atoms with van der Waals surface area (Å²) < 4.78 is 22.4. The van der Waals surface area contributed by atoms with Crippen molar-refractivity contribution >= 4 is 18.4 Å². The van der Waals surface area contributed by atoms with Crippen LogP contribution < -0.4 is 14.2 Å². The van der Waals surface area contributed by atoms with E-state index in [1.165, 1.54) is 0 Å². The van der Waals surface area contributed by atoms with Gasteiger partial charge in [0.15, 0.2) is 11.5 Å². The van der Waals surface area contributed by atoms with Crippen LogP contribution in [0.25, 0.3) is 0 Å². The van der Waals surface area contributed by atoms with E-state index >= 15 is 0 Å². The van der Waals surface area contributed by atoms with Crippen LogP contribution in [0.1, 0.15) is 18.1 Å². The molecule has 2 aliphatic rings. The number of benzene rings is 2. The van der Waals surface area contributed by atoms with Crippen LogP contribution in [0.15, 0.2) is 42.5 Å². The molecule has 2 aliphatic heterocycles. The van der Waals surface area contributed by atoms with Crippen molar-refractivity contribution in [1.82, 2.24) is 4.90 Å². The van der Waals surface area contributed by atoms with E-state index in [1.54, 1.807) is 6.07 Å². The Kier molecular flexibility index (Phi) is 6.61. The number of carboxylic acids is 1. The van der Waals surface area contributed by atoms with Gasteiger partial charge in [0.25, 0.3) is 0 Å². The van der Waals surface area contributed by atoms with E-state index < -0.39 is 5.97 Å². The van der Waals surface area contributed by atoms with Crippen LogP contribution in [0.2, 0.25) is 0 Å². The highest BCUT2D eigenvalue weighted by Gasteiger charge is 2.22. The Labute approximate surface area is 169 Å². The van der Waals surface area contributed by atoms with Crippen molar-refractivity contribution in [3.63, 3.8) is 0 Å². The Morgan fingerprint density at radius 1 is 1.11 bits per heavy atom. The summed E-state index contributed by atoms with van der Waals surface area (Å²) in [5, 5.41) is 8.84. The zero-order valence-corrected chi connectivity index (χ0v) is 16.0. The fourth-order valence-corrected chi connectivity index (χ4v) is 3.19. The molecule has 1 fully saturated rings. The van der Waals surface area contributed by atoms with Gasteiger partial charge in [-0.3, -0.25) is 9.69 Å². The lowest BCUT2D eigenvalue weighted by Crippen LogP contribution is -2.39. The maximum Gasteiger partial charge on any atom is 0.304 e. The van der Waals surface area contributed by atoms with Gasteiger partial charge in [-0.2, -0.15) is 0 Å². The summed E-state index contributed by atoms with van der Waals surface area (Å²) in [7, 11) is 0. The van der Waals surface area contributed by atoms with Gasteiger partial charge in [0, 0.05) is 25.7 Å². The van der Waals surface area contributed by atoms with Crippen molar-refractivity contribution in [3.05, 3.63) is 48.0 Å². The Balaban J connectivity index is 0.00000225. The van der Waals surface area contributed by atoms with E-state index in [-0.39, 0.29) is 31.7 Å². The number of morpholine rings is 1. The van der Waals surface area contributed by atoms with Crippen molar-refractivity contribution in [1.29, 1.82) is 0 Å². The zero-order chi connectivity index (χ0) is 18.6. The lowest BCUT2D eigenvalue weighted by molar-refractivity contribution is -0.137. The average molecular weight is 408 g/mol. The standard InChI is InChI=1S/C20H21NO6.ClH/c22-20(23)7-8-21-9-10-24-19(12-21)14-1-3-15(4-2-14)27-16-5-6-17-18(11-16)26-13-25-17;/h1-6,11,19H,7-10,12-13H2,(H,22,23);1H. The van der Waals surface area contributed by atoms with Gasteiger partial charge < -0.3 is 24.1 Å². The van der Waals surface area contributed by atoms with Gasteiger partial charge in [-0.1, -0.05) is 12.1 Å². The lowest BCUT2D eigenvalue weighted by atomic mass is 10.1. The highest BCUT2D eigenvalue weighted by atomic mass is 35.5. The largest absolute Gasteiger partial charge is 0.481 e. The summed E-state index contributed by atoms with van der Waals surface area (Å²) in [6, 6.07) is 13.2. The molecule has 1 saturated heterocycles. The number of nitrogens with zero attached hydrogens (tertiary/aromatic N) is 1. The quantitative estimate of drug-likeness (QED) is 0.785. The highest BCUT2D eigenvalue weighted by Crippen LogP contribution is 2.36. The summed E-state index contributed by atoms with van der Waals surface area (Å²) in [4.78, 5) is 12.9. The molecule has 4 rings (SSSR count). The summed E-state index contributed by atoms with van der Waals surface area (Å²) in [6.07, 6.45) is 0.0850. The number of hydrogen-bond acceptors (Lipinski definition) is 6. The number of aliphatic carboxylic acids is 1. The Morgan fingerprint density at radius 3 is 2.64 bits per heavy atom. The summed E-state index contributed by atoms with van der Waals surface area (Å²) in [6.45, 7) is 2.82. The Bertz CT molecular complexity index is 813. The molecule has 150 valence electrons. The number of carbonyl (C=O) groups is 1. The number of halogens is 1. The normalized spacial score (nSPS) is 18.4. The van der Waals surface area contributed by atoms with Gasteiger partial charge in [-0.05, 0) is 29.8 Å².